The summed E-state index contributed by atoms with van der Waals surface area (Å²) in [4.78, 5) is 0. The van der Waals surface area contributed by atoms with Gasteiger partial charge in [-0.1, -0.05) is 11.6 Å². The molecule has 110 valence electrons. The predicted octanol–water partition coefficient (Wildman–Crippen LogP) is 3.67. The molecule has 2 aromatic carbocycles. The average Bonchev–Trinajstić information content (AvgIpc) is 2.49. The maximum Gasteiger partial charge on any atom is 0.130 e. The molecule has 0 aromatic heterocycles. The van der Waals surface area contributed by atoms with Crippen LogP contribution in [0, 0.1) is 12.7 Å². The van der Waals surface area contributed by atoms with E-state index in [4.69, 9.17) is 15.2 Å². The fourth-order valence-corrected chi connectivity index (χ4v) is 2.71. The van der Waals surface area contributed by atoms with Crippen LogP contribution in [0.5, 0.6) is 11.5 Å². The molecule has 2 atom stereocenters. The van der Waals surface area contributed by atoms with E-state index in [2.05, 4.69) is 0 Å². The first-order valence-corrected chi connectivity index (χ1v) is 6.94. The van der Waals surface area contributed by atoms with Gasteiger partial charge in [0.15, 0.2) is 0 Å². The minimum absolute atomic E-state index is 0.200. The van der Waals surface area contributed by atoms with Gasteiger partial charge in [-0.3, -0.25) is 0 Å². The van der Waals surface area contributed by atoms with Crippen molar-refractivity contribution in [3.05, 3.63) is 58.9 Å². The normalized spacial score (nSPS) is 20.6. The highest BCUT2D eigenvalue weighted by Crippen LogP contribution is 2.41. The first-order chi connectivity index (χ1) is 10.1. The Bertz CT molecular complexity index is 672. The fraction of sp³-hybridized carbons (Fsp3) is 0.294. The molecule has 3 rings (SSSR count). The third-order valence-corrected chi connectivity index (χ3v) is 3.85. The van der Waals surface area contributed by atoms with Gasteiger partial charge in [0, 0.05) is 23.6 Å². The standard InChI is InChI=1S/C17H18FNO2/c1-10-3-5-14(18)12(7-10)17-9-15(19)13-8-11(20-2)4-6-16(13)21-17/h3-8,15,17H,9,19H2,1-2H3/t15-,17?/m1/s1. The van der Waals surface area contributed by atoms with Gasteiger partial charge >= 0.3 is 0 Å². The van der Waals surface area contributed by atoms with E-state index < -0.39 is 0 Å². The van der Waals surface area contributed by atoms with Crippen LogP contribution < -0.4 is 15.2 Å². The van der Waals surface area contributed by atoms with Gasteiger partial charge < -0.3 is 15.2 Å². The number of aryl methyl sites for hydroxylation is 1. The molecule has 21 heavy (non-hydrogen) atoms. The predicted molar refractivity (Wildman–Crippen MR) is 79.0 cm³/mol. The number of methoxy groups -OCH3 is 1. The van der Waals surface area contributed by atoms with Crippen LogP contribution in [0.15, 0.2) is 36.4 Å². The highest BCUT2D eigenvalue weighted by Gasteiger charge is 2.29. The van der Waals surface area contributed by atoms with E-state index >= 15 is 0 Å². The molecule has 2 aromatic rings. The van der Waals surface area contributed by atoms with Gasteiger partial charge in [-0.15, -0.1) is 0 Å². The Morgan fingerprint density at radius 2 is 2.00 bits per heavy atom. The molecule has 0 amide bonds. The molecule has 3 nitrogen and oxygen atoms in total. The fourth-order valence-electron chi connectivity index (χ4n) is 2.71. The summed E-state index contributed by atoms with van der Waals surface area (Å²) in [6.45, 7) is 1.94. The highest BCUT2D eigenvalue weighted by molar-refractivity contribution is 5.44. The second-order valence-corrected chi connectivity index (χ2v) is 5.38. The lowest BCUT2D eigenvalue weighted by molar-refractivity contribution is 0.157. The van der Waals surface area contributed by atoms with Crippen LogP contribution in [0.2, 0.25) is 0 Å². The summed E-state index contributed by atoms with van der Waals surface area (Å²) in [7, 11) is 1.61. The number of benzene rings is 2. The summed E-state index contributed by atoms with van der Waals surface area (Å²) < 4.78 is 25.2. The summed E-state index contributed by atoms with van der Waals surface area (Å²) in [5.74, 6) is 1.18. The van der Waals surface area contributed by atoms with E-state index in [1.807, 2.05) is 31.2 Å². The minimum Gasteiger partial charge on any atom is -0.497 e. The van der Waals surface area contributed by atoms with Crippen LogP contribution in [-0.4, -0.2) is 7.11 Å². The molecular formula is C17H18FNO2. The van der Waals surface area contributed by atoms with Gasteiger partial charge in [-0.05, 0) is 37.3 Å². The van der Waals surface area contributed by atoms with Crippen LogP contribution in [-0.2, 0) is 0 Å². The Labute approximate surface area is 123 Å². The maximum absolute atomic E-state index is 14.0. The maximum atomic E-state index is 14.0. The van der Waals surface area contributed by atoms with E-state index in [1.165, 1.54) is 6.07 Å². The van der Waals surface area contributed by atoms with E-state index in [1.54, 1.807) is 13.2 Å². The topological polar surface area (TPSA) is 44.5 Å². The van der Waals surface area contributed by atoms with Gasteiger partial charge in [-0.25, -0.2) is 4.39 Å². The zero-order chi connectivity index (χ0) is 15.0. The van der Waals surface area contributed by atoms with Crippen molar-refractivity contribution >= 4 is 0 Å². The number of fused-ring (bicyclic) bond motifs is 1. The molecule has 0 radical (unpaired) electrons. The van der Waals surface area contributed by atoms with Gasteiger partial charge in [-0.2, -0.15) is 0 Å². The minimum atomic E-state index is -0.360. The third-order valence-electron chi connectivity index (χ3n) is 3.85. The van der Waals surface area contributed by atoms with Crippen LogP contribution >= 0.6 is 0 Å². The summed E-state index contributed by atoms with van der Waals surface area (Å²) in [6.07, 6.45) is 0.182. The number of hydrogen-bond donors (Lipinski definition) is 1. The van der Waals surface area contributed by atoms with Crippen molar-refractivity contribution in [3.63, 3.8) is 0 Å². The van der Waals surface area contributed by atoms with E-state index in [-0.39, 0.29) is 18.0 Å². The van der Waals surface area contributed by atoms with Crippen LogP contribution in [0.25, 0.3) is 0 Å². The number of halogens is 1. The molecule has 2 N–H and O–H groups in total. The van der Waals surface area contributed by atoms with Gasteiger partial charge in [0.05, 0.1) is 7.11 Å². The van der Waals surface area contributed by atoms with Crippen molar-refractivity contribution in [2.45, 2.75) is 25.5 Å². The zero-order valence-electron chi connectivity index (χ0n) is 12.1. The van der Waals surface area contributed by atoms with Gasteiger partial charge in [0.2, 0.25) is 0 Å². The molecule has 1 unspecified atom stereocenters. The van der Waals surface area contributed by atoms with E-state index in [9.17, 15) is 4.39 Å². The molecule has 0 spiro atoms. The van der Waals surface area contributed by atoms with Crippen molar-refractivity contribution in [1.82, 2.24) is 0 Å². The van der Waals surface area contributed by atoms with Crippen LogP contribution in [0.4, 0.5) is 4.39 Å². The van der Waals surface area contributed by atoms with Crippen LogP contribution in [0.3, 0.4) is 0 Å². The van der Waals surface area contributed by atoms with Gasteiger partial charge in [0.25, 0.3) is 0 Å². The van der Waals surface area contributed by atoms with Crippen molar-refractivity contribution in [2.24, 2.45) is 5.73 Å². The van der Waals surface area contributed by atoms with E-state index in [0.717, 1.165) is 16.9 Å². The average molecular weight is 287 g/mol. The smallest absolute Gasteiger partial charge is 0.130 e. The Hall–Kier alpha value is -2.07. The quantitative estimate of drug-likeness (QED) is 0.916. The molecule has 1 heterocycles. The largest absolute Gasteiger partial charge is 0.497 e. The lowest BCUT2D eigenvalue weighted by atomic mass is 9.92. The molecule has 1 aliphatic heterocycles. The van der Waals surface area contributed by atoms with Crippen LogP contribution in [0.1, 0.15) is 35.3 Å². The number of rotatable bonds is 2. The monoisotopic (exact) mass is 287 g/mol. The summed E-state index contributed by atoms with van der Waals surface area (Å²) in [5, 5.41) is 0. The van der Waals surface area contributed by atoms with Crippen molar-refractivity contribution in [2.75, 3.05) is 7.11 Å². The molecule has 0 saturated heterocycles. The molecule has 4 heteroatoms. The second-order valence-electron chi connectivity index (χ2n) is 5.38. The summed E-state index contributed by atoms with van der Waals surface area (Å²) in [5.41, 5.74) is 8.70. The van der Waals surface area contributed by atoms with Crippen molar-refractivity contribution < 1.29 is 13.9 Å². The molecule has 0 bridgehead atoms. The number of hydrogen-bond acceptors (Lipinski definition) is 3. The number of nitrogens with two attached hydrogens (primary N) is 1. The molecular weight excluding hydrogens is 269 g/mol. The second kappa shape index (κ2) is 5.37. The Kier molecular flexibility index (Phi) is 3.55. The molecule has 1 aliphatic rings. The van der Waals surface area contributed by atoms with Crippen molar-refractivity contribution in [1.29, 1.82) is 0 Å². The van der Waals surface area contributed by atoms with Gasteiger partial charge in [0.1, 0.15) is 23.4 Å². The molecule has 0 saturated carbocycles. The highest BCUT2D eigenvalue weighted by atomic mass is 19.1. The SMILES string of the molecule is COc1ccc2c(c1)[C@H](N)CC(c1cc(C)ccc1F)O2. The Morgan fingerprint density at radius 1 is 1.19 bits per heavy atom. The lowest BCUT2D eigenvalue weighted by Crippen LogP contribution is -2.24. The first kappa shape index (κ1) is 13.9. The number of ether oxygens (including phenoxy) is 2. The lowest BCUT2D eigenvalue weighted by Gasteiger charge is -2.31. The first-order valence-electron chi connectivity index (χ1n) is 6.94. The Balaban J connectivity index is 1.96. The third kappa shape index (κ3) is 2.59. The van der Waals surface area contributed by atoms with Crippen molar-refractivity contribution in [3.8, 4) is 11.5 Å². The zero-order valence-corrected chi connectivity index (χ0v) is 12.1. The summed E-state index contributed by atoms with van der Waals surface area (Å²) in [6, 6.07) is 10.4. The Morgan fingerprint density at radius 3 is 2.76 bits per heavy atom. The van der Waals surface area contributed by atoms with E-state index in [0.29, 0.717) is 17.7 Å². The molecule has 0 fully saturated rings. The molecule has 0 aliphatic carbocycles. The summed E-state index contributed by atoms with van der Waals surface area (Å²) >= 11 is 0.